The normalized spacial score (nSPS) is 24.5. The van der Waals surface area contributed by atoms with E-state index in [9.17, 15) is 4.79 Å². The van der Waals surface area contributed by atoms with Crippen LogP contribution in [0.5, 0.6) is 0 Å². The molecule has 2 fully saturated rings. The molecule has 4 heteroatoms. The Labute approximate surface area is 118 Å². The van der Waals surface area contributed by atoms with Gasteiger partial charge in [0.05, 0.1) is 5.41 Å². The second-order valence-electron chi connectivity index (χ2n) is 5.73. The summed E-state index contributed by atoms with van der Waals surface area (Å²) in [5.74, 6) is 0.760. The molecular weight excluding hydrogens is 260 g/mol. The van der Waals surface area contributed by atoms with Crippen molar-refractivity contribution in [2.45, 2.75) is 24.7 Å². The number of carbonyl (C=O) groups excluding carboxylic acids is 1. The Balaban J connectivity index is 1.78. The van der Waals surface area contributed by atoms with Crippen LogP contribution in [0.1, 0.15) is 24.8 Å². The van der Waals surface area contributed by atoms with Crippen molar-refractivity contribution < 1.29 is 4.79 Å². The van der Waals surface area contributed by atoms with Crippen molar-refractivity contribution in [3.05, 3.63) is 34.9 Å². The fourth-order valence-corrected chi connectivity index (χ4v) is 3.16. The Kier molecular flexibility index (Phi) is 3.27. The maximum atomic E-state index is 12.7. The molecule has 1 saturated heterocycles. The SMILES string of the molecule is NCC1CCN(C(=O)C2(c3ccc(Cl)cc3)CC2)C1. The van der Waals surface area contributed by atoms with Crippen molar-refractivity contribution in [3.8, 4) is 0 Å². The van der Waals surface area contributed by atoms with Gasteiger partial charge in [0.25, 0.3) is 0 Å². The number of likely N-dealkylation sites (tertiary alicyclic amines) is 1. The minimum Gasteiger partial charge on any atom is -0.342 e. The first-order chi connectivity index (χ1) is 9.15. The first-order valence-corrected chi connectivity index (χ1v) is 7.29. The lowest BCUT2D eigenvalue weighted by atomic mass is 9.94. The second kappa shape index (κ2) is 4.80. The highest BCUT2D eigenvalue weighted by Gasteiger charge is 2.53. The van der Waals surface area contributed by atoms with Crippen LogP contribution in [0.25, 0.3) is 0 Å². The molecule has 1 unspecified atom stereocenters. The zero-order valence-corrected chi connectivity index (χ0v) is 11.7. The average Bonchev–Trinajstić information content (AvgIpc) is 3.09. The number of halogens is 1. The minimum absolute atomic E-state index is 0.270. The molecular formula is C15H19ClN2O. The van der Waals surface area contributed by atoms with Gasteiger partial charge in [-0.05, 0) is 49.4 Å². The van der Waals surface area contributed by atoms with Gasteiger partial charge in [0, 0.05) is 18.1 Å². The minimum atomic E-state index is -0.270. The highest BCUT2D eigenvalue weighted by atomic mass is 35.5. The van der Waals surface area contributed by atoms with Gasteiger partial charge < -0.3 is 10.6 Å². The van der Waals surface area contributed by atoms with E-state index in [2.05, 4.69) is 0 Å². The lowest BCUT2D eigenvalue weighted by Crippen LogP contribution is -2.38. The Bertz CT molecular complexity index is 481. The number of benzene rings is 1. The fourth-order valence-electron chi connectivity index (χ4n) is 3.03. The number of rotatable bonds is 3. The summed E-state index contributed by atoms with van der Waals surface area (Å²) in [7, 11) is 0. The molecule has 0 spiro atoms. The van der Waals surface area contributed by atoms with Crippen LogP contribution in [0, 0.1) is 5.92 Å². The van der Waals surface area contributed by atoms with Crippen LogP contribution in [0.15, 0.2) is 24.3 Å². The van der Waals surface area contributed by atoms with Gasteiger partial charge in [0.2, 0.25) is 5.91 Å². The van der Waals surface area contributed by atoms with Gasteiger partial charge in [-0.15, -0.1) is 0 Å². The maximum absolute atomic E-state index is 12.7. The molecule has 0 bridgehead atoms. The molecule has 0 aromatic heterocycles. The Morgan fingerprint density at radius 1 is 1.37 bits per heavy atom. The largest absolute Gasteiger partial charge is 0.342 e. The molecule has 19 heavy (non-hydrogen) atoms. The van der Waals surface area contributed by atoms with Crippen molar-refractivity contribution in [1.29, 1.82) is 0 Å². The number of amides is 1. The van der Waals surface area contributed by atoms with Crippen LogP contribution in [0.2, 0.25) is 5.02 Å². The molecule has 3 nitrogen and oxygen atoms in total. The van der Waals surface area contributed by atoms with Crippen molar-refractivity contribution in [2.75, 3.05) is 19.6 Å². The topological polar surface area (TPSA) is 46.3 Å². The summed E-state index contributed by atoms with van der Waals surface area (Å²) in [6.07, 6.45) is 2.95. The summed E-state index contributed by atoms with van der Waals surface area (Å²) in [6.45, 7) is 2.36. The molecule has 3 rings (SSSR count). The summed E-state index contributed by atoms with van der Waals surface area (Å²) in [4.78, 5) is 14.7. The van der Waals surface area contributed by atoms with Crippen molar-refractivity contribution in [3.63, 3.8) is 0 Å². The Hall–Kier alpha value is -1.06. The van der Waals surface area contributed by atoms with Crippen LogP contribution in [0.4, 0.5) is 0 Å². The van der Waals surface area contributed by atoms with E-state index in [4.69, 9.17) is 17.3 Å². The smallest absolute Gasteiger partial charge is 0.233 e. The Morgan fingerprint density at radius 2 is 2.05 bits per heavy atom. The third-order valence-electron chi connectivity index (χ3n) is 4.46. The standard InChI is InChI=1S/C15H19ClN2O/c16-13-3-1-12(2-4-13)15(6-7-15)14(19)18-8-5-11(9-17)10-18/h1-4,11H,5-10,17H2. The predicted octanol–water partition coefficient (Wildman–Crippen LogP) is 2.18. The van der Waals surface area contributed by atoms with Gasteiger partial charge >= 0.3 is 0 Å². The summed E-state index contributed by atoms with van der Waals surface area (Å²) in [6, 6.07) is 7.72. The molecule has 1 saturated carbocycles. The molecule has 1 heterocycles. The van der Waals surface area contributed by atoms with Crippen LogP contribution in [0.3, 0.4) is 0 Å². The van der Waals surface area contributed by atoms with Gasteiger partial charge in [-0.3, -0.25) is 4.79 Å². The zero-order valence-electron chi connectivity index (χ0n) is 10.9. The van der Waals surface area contributed by atoms with Crippen LogP contribution in [-0.2, 0) is 10.2 Å². The third-order valence-corrected chi connectivity index (χ3v) is 4.71. The molecule has 1 aliphatic carbocycles. The number of hydrogen-bond donors (Lipinski definition) is 1. The monoisotopic (exact) mass is 278 g/mol. The van der Waals surface area contributed by atoms with E-state index in [0.29, 0.717) is 12.5 Å². The van der Waals surface area contributed by atoms with Crippen molar-refractivity contribution in [2.24, 2.45) is 11.7 Å². The van der Waals surface area contributed by atoms with Crippen molar-refractivity contribution >= 4 is 17.5 Å². The molecule has 1 amide bonds. The second-order valence-corrected chi connectivity index (χ2v) is 6.17. The van der Waals surface area contributed by atoms with E-state index in [1.807, 2.05) is 29.2 Å². The summed E-state index contributed by atoms with van der Waals surface area (Å²) in [5, 5.41) is 0.719. The highest BCUT2D eigenvalue weighted by molar-refractivity contribution is 6.30. The first kappa shape index (κ1) is 12.9. The lowest BCUT2D eigenvalue weighted by Gasteiger charge is -2.23. The molecule has 1 aliphatic heterocycles. The summed E-state index contributed by atoms with van der Waals surface area (Å²) in [5.41, 5.74) is 6.54. The van der Waals surface area contributed by atoms with Gasteiger partial charge in [-0.25, -0.2) is 0 Å². The molecule has 2 aliphatic rings. The summed E-state index contributed by atoms with van der Waals surface area (Å²) < 4.78 is 0. The van der Waals surface area contributed by atoms with Gasteiger partial charge in [-0.1, -0.05) is 23.7 Å². The summed E-state index contributed by atoms with van der Waals surface area (Å²) >= 11 is 5.92. The van der Waals surface area contributed by atoms with E-state index in [0.717, 1.165) is 42.9 Å². The number of nitrogens with zero attached hydrogens (tertiary/aromatic N) is 1. The zero-order chi connectivity index (χ0) is 13.5. The molecule has 102 valence electrons. The maximum Gasteiger partial charge on any atom is 0.233 e. The Morgan fingerprint density at radius 3 is 2.58 bits per heavy atom. The molecule has 1 aromatic carbocycles. The van der Waals surface area contributed by atoms with E-state index in [-0.39, 0.29) is 11.3 Å². The van der Waals surface area contributed by atoms with E-state index in [1.54, 1.807) is 0 Å². The van der Waals surface area contributed by atoms with Gasteiger partial charge in [0.1, 0.15) is 0 Å². The van der Waals surface area contributed by atoms with Gasteiger partial charge in [-0.2, -0.15) is 0 Å². The molecule has 2 N–H and O–H groups in total. The molecule has 0 radical (unpaired) electrons. The predicted molar refractivity (Wildman–Crippen MR) is 76.1 cm³/mol. The number of carbonyl (C=O) groups is 1. The highest BCUT2D eigenvalue weighted by Crippen LogP contribution is 2.50. The average molecular weight is 279 g/mol. The number of hydrogen-bond acceptors (Lipinski definition) is 2. The third kappa shape index (κ3) is 2.26. The van der Waals surface area contributed by atoms with E-state index in [1.165, 1.54) is 0 Å². The van der Waals surface area contributed by atoms with Gasteiger partial charge in [0.15, 0.2) is 0 Å². The van der Waals surface area contributed by atoms with Crippen LogP contribution in [-0.4, -0.2) is 30.4 Å². The van der Waals surface area contributed by atoms with E-state index < -0.39 is 0 Å². The lowest BCUT2D eigenvalue weighted by molar-refractivity contribution is -0.133. The van der Waals surface area contributed by atoms with Crippen LogP contribution >= 0.6 is 11.6 Å². The number of nitrogens with two attached hydrogens (primary N) is 1. The fraction of sp³-hybridized carbons (Fsp3) is 0.533. The van der Waals surface area contributed by atoms with Crippen LogP contribution < -0.4 is 5.73 Å². The quantitative estimate of drug-likeness (QED) is 0.921. The van der Waals surface area contributed by atoms with E-state index >= 15 is 0 Å². The van der Waals surface area contributed by atoms with Crippen molar-refractivity contribution in [1.82, 2.24) is 4.90 Å². The first-order valence-electron chi connectivity index (χ1n) is 6.91. The molecule has 1 atom stereocenters. The molecule has 1 aromatic rings.